The summed E-state index contributed by atoms with van der Waals surface area (Å²) in [6.07, 6.45) is 1.02. The topological polar surface area (TPSA) is 35.8 Å². The molecule has 0 heterocycles. The van der Waals surface area contributed by atoms with Gasteiger partial charge in [-0.3, -0.25) is 0 Å². The van der Waals surface area contributed by atoms with Gasteiger partial charge >= 0.3 is 0 Å². The number of nitrogens with one attached hydrogen (secondary N) is 1. The molecule has 0 aliphatic rings. The summed E-state index contributed by atoms with van der Waals surface area (Å²) in [6.45, 7) is 2.15. The van der Waals surface area contributed by atoms with Crippen LogP contribution in [0, 0.1) is 11.3 Å². The van der Waals surface area contributed by atoms with Crippen LogP contribution in [0.25, 0.3) is 10.8 Å². The zero-order chi connectivity index (χ0) is 14.7. The molecule has 3 aromatic rings. The summed E-state index contributed by atoms with van der Waals surface area (Å²) in [4.78, 5) is 0. The molecule has 102 valence electrons. The van der Waals surface area contributed by atoms with Crippen molar-refractivity contribution in [3.8, 4) is 6.07 Å². The molecule has 2 heteroatoms. The van der Waals surface area contributed by atoms with Gasteiger partial charge in [0.25, 0.3) is 0 Å². The second-order valence-electron chi connectivity index (χ2n) is 5.00. The average Bonchev–Trinajstić information content (AvgIpc) is 2.55. The molecular weight excluding hydrogens is 256 g/mol. The van der Waals surface area contributed by atoms with E-state index in [4.69, 9.17) is 0 Å². The number of anilines is 2. The predicted octanol–water partition coefficient (Wildman–Crippen LogP) is 5.02. The number of rotatable bonds is 3. The van der Waals surface area contributed by atoms with Crippen LogP contribution < -0.4 is 5.32 Å². The average molecular weight is 272 g/mol. The summed E-state index contributed by atoms with van der Waals surface area (Å²) >= 11 is 0. The van der Waals surface area contributed by atoms with Crippen LogP contribution in [0.5, 0.6) is 0 Å². The van der Waals surface area contributed by atoms with E-state index >= 15 is 0 Å². The van der Waals surface area contributed by atoms with Crippen molar-refractivity contribution in [1.82, 2.24) is 0 Å². The van der Waals surface area contributed by atoms with Crippen molar-refractivity contribution in [3.63, 3.8) is 0 Å². The summed E-state index contributed by atoms with van der Waals surface area (Å²) in [5, 5.41) is 14.7. The molecule has 0 amide bonds. The maximum absolute atomic E-state index is 9.21. The summed E-state index contributed by atoms with van der Waals surface area (Å²) in [5.41, 5.74) is 4.11. The smallest absolute Gasteiger partial charge is 0.0998 e. The standard InChI is InChI=1S/C19H16N2/c1-2-14-6-5-7-16(12-14)21-19-11-10-15(13-20)17-8-3-4-9-18(17)19/h3-12,21H,2H2,1H3. The third-order valence-electron chi connectivity index (χ3n) is 3.66. The van der Waals surface area contributed by atoms with Crippen molar-refractivity contribution in [1.29, 1.82) is 5.26 Å². The number of fused-ring (bicyclic) bond motifs is 1. The van der Waals surface area contributed by atoms with Crippen LogP contribution >= 0.6 is 0 Å². The Balaban J connectivity index is 2.07. The first-order chi connectivity index (χ1) is 10.3. The Morgan fingerprint density at radius 1 is 0.952 bits per heavy atom. The van der Waals surface area contributed by atoms with Crippen LogP contribution in [-0.4, -0.2) is 0 Å². The van der Waals surface area contributed by atoms with E-state index in [0.29, 0.717) is 5.56 Å². The quantitative estimate of drug-likeness (QED) is 0.726. The number of hydrogen-bond acceptors (Lipinski definition) is 2. The molecule has 0 saturated heterocycles. The summed E-state index contributed by atoms with van der Waals surface area (Å²) in [6, 6.07) is 22.5. The molecule has 1 N–H and O–H groups in total. The summed E-state index contributed by atoms with van der Waals surface area (Å²) in [7, 11) is 0. The first-order valence-electron chi connectivity index (χ1n) is 7.09. The molecular formula is C19H16N2. The van der Waals surface area contributed by atoms with E-state index < -0.39 is 0 Å². The summed E-state index contributed by atoms with van der Waals surface area (Å²) < 4.78 is 0. The lowest BCUT2D eigenvalue weighted by atomic mass is 10.0. The molecule has 0 atom stereocenters. The lowest BCUT2D eigenvalue weighted by molar-refractivity contribution is 1.14. The lowest BCUT2D eigenvalue weighted by Gasteiger charge is -2.11. The number of aryl methyl sites for hydroxylation is 1. The fourth-order valence-corrected chi connectivity index (χ4v) is 2.53. The molecule has 0 aliphatic carbocycles. The third kappa shape index (κ3) is 2.59. The van der Waals surface area contributed by atoms with Gasteiger partial charge in [-0.15, -0.1) is 0 Å². The highest BCUT2D eigenvalue weighted by atomic mass is 14.9. The van der Waals surface area contributed by atoms with E-state index in [1.54, 1.807) is 0 Å². The molecule has 0 unspecified atom stereocenters. The van der Waals surface area contributed by atoms with Crippen molar-refractivity contribution < 1.29 is 0 Å². The molecule has 0 radical (unpaired) electrons. The van der Waals surface area contributed by atoms with Crippen LogP contribution in [0.3, 0.4) is 0 Å². The molecule has 2 nitrogen and oxygen atoms in total. The molecule has 0 bridgehead atoms. The van der Waals surface area contributed by atoms with E-state index in [1.165, 1.54) is 5.56 Å². The van der Waals surface area contributed by atoms with Crippen molar-refractivity contribution >= 4 is 22.1 Å². The highest BCUT2D eigenvalue weighted by Gasteiger charge is 2.05. The zero-order valence-corrected chi connectivity index (χ0v) is 11.9. The van der Waals surface area contributed by atoms with E-state index in [9.17, 15) is 5.26 Å². The minimum absolute atomic E-state index is 0.707. The fraction of sp³-hybridized carbons (Fsp3) is 0.105. The van der Waals surface area contributed by atoms with Gasteiger partial charge < -0.3 is 5.32 Å². The van der Waals surface area contributed by atoms with Gasteiger partial charge in [0.1, 0.15) is 0 Å². The first-order valence-corrected chi connectivity index (χ1v) is 7.09. The van der Waals surface area contributed by atoms with Gasteiger partial charge in [0.2, 0.25) is 0 Å². The fourth-order valence-electron chi connectivity index (χ4n) is 2.53. The number of nitriles is 1. The van der Waals surface area contributed by atoms with Crippen molar-refractivity contribution in [2.24, 2.45) is 0 Å². The molecule has 0 spiro atoms. The Labute approximate surface area is 124 Å². The highest BCUT2D eigenvalue weighted by Crippen LogP contribution is 2.29. The largest absolute Gasteiger partial charge is 0.355 e. The van der Waals surface area contributed by atoms with Crippen LogP contribution in [-0.2, 0) is 6.42 Å². The predicted molar refractivity (Wildman–Crippen MR) is 87.8 cm³/mol. The van der Waals surface area contributed by atoms with Gasteiger partial charge in [-0.25, -0.2) is 0 Å². The number of hydrogen-bond donors (Lipinski definition) is 1. The van der Waals surface area contributed by atoms with Crippen LogP contribution in [0.2, 0.25) is 0 Å². The van der Waals surface area contributed by atoms with E-state index in [2.05, 4.69) is 42.6 Å². The van der Waals surface area contributed by atoms with Gasteiger partial charge in [-0.2, -0.15) is 5.26 Å². The first kappa shape index (κ1) is 13.2. The molecule has 21 heavy (non-hydrogen) atoms. The normalized spacial score (nSPS) is 10.3. The van der Waals surface area contributed by atoms with Gasteiger partial charge in [-0.05, 0) is 36.2 Å². The van der Waals surface area contributed by atoms with Gasteiger partial charge in [0.05, 0.1) is 11.6 Å². The Hall–Kier alpha value is -2.79. The Kier molecular flexibility index (Phi) is 3.57. The minimum Gasteiger partial charge on any atom is -0.355 e. The van der Waals surface area contributed by atoms with E-state index in [-0.39, 0.29) is 0 Å². The minimum atomic E-state index is 0.707. The van der Waals surface area contributed by atoms with Crippen molar-refractivity contribution in [3.05, 3.63) is 71.8 Å². The maximum Gasteiger partial charge on any atom is 0.0998 e. The molecule has 0 saturated carbocycles. The molecule has 3 aromatic carbocycles. The molecule has 0 aromatic heterocycles. The van der Waals surface area contributed by atoms with Gasteiger partial charge in [-0.1, -0.05) is 43.3 Å². The van der Waals surface area contributed by atoms with Crippen molar-refractivity contribution in [2.75, 3.05) is 5.32 Å². The Bertz CT molecular complexity index is 828. The monoisotopic (exact) mass is 272 g/mol. The molecule has 0 fully saturated rings. The molecule has 3 rings (SSSR count). The van der Waals surface area contributed by atoms with E-state index in [0.717, 1.165) is 28.6 Å². The summed E-state index contributed by atoms with van der Waals surface area (Å²) in [5.74, 6) is 0. The van der Waals surface area contributed by atoms with Crippen molar-refractivity contribution in [2.45, 2.75) is 13.3 Å². The zero-order valence-electron chi connectivity index (χ0n) is 11.9. The maximum atomic E-state index is 9.21. The second kappa shape index (κ2) is 5.68. The number of benzene rings is 3. The SMILES string of the molecule is CCc1cccc(Nc2ccc(C#N)c3ccccc23)c1. The third-order valence-corrected chi connectivity index (χ3v) is 3.66. The Morgan fingerprint density at radius 2 is 1.76 bits per heavy atom. The second-order valence-corrected chi connectivity index (χ2v) is 5.00. The highest BCUT2D eigenvalue weighted by molar-refractivity contribution is 5.98. The number of nitrogens with zero attached hydrogens (tertiary/aromatic N) is 1. The van der Waals surface area contributed by atoms with Gasteiger partial charge in [0.15, 0.2) is 0 Å². The van der Waals surface area contributed by atoms with Crippen LogP contribution in [0.1, 0.15) is 18.1 Å². The molecule has 0 aliphatic heterocycles. The van der Waals surface area contributed by atoms with Crippen LogP contribution in [0.15, 0.2) is 60.7 Å². The lowest BCUT2D eigenvalue weighted by Crippen LogP contribution is -1.93. The van der Waals surface area contributed by atoms with Crippen LogP contribution in [0.4, 0.5) is 11.4 Å². The Morgan fingerprint density at radius 3 is 2.52 bits per heavy atom. The van der Waals surface area contributed by atoms with Gasteiger partial charge in [0, 0.05) is 22.1 Å². The van der Waals surface area contributed by atoms with E-state index in [1.807, 2.05) is 36.4 Å².